The van der Waals surface area contributed by atoms with Crippen LogP contribution < -0.4 is 24.9 Å². The molecular weight excluding hydrogens is 465 g/mol. The molecule has 1 aliphatic rings. The number of rotatable bonds is 11. The molecule has 0 bridgehead atoms. The fourth-order valence-electron chi connectivity index (χ4n) is 4.10. The molecule has 2 N–H and O–H groups in total. The molecule has 0 saturated carbocycles. The largest absolute Gasteiger partial charge is 0.494 e. The minimum atomic E-state index is -2.97. The van der Waals surface area contributed by atoms with E-state index >= 15 is 0 Å². The van der Waals surface area contributed by atoms with E-state index in [2.05, 4.69) is 11.3 Å². The number of ether oxygens (including phenoxy) is 3. The van der Waals surface area contributed by atoms with Gasteiger partial charge in [0.2, 0.25) is 0 Å². The van der Waals surface area contributed by atoms with E-state index in [9.17, 15) is 13.4 Å². The topological polar surface area (TPSA) is 94.1 Å². The molecule has 0 spiro atoms. The molecule has 0 saturated heterocycles. The summed E-state index contributed by atoms with van der Waals surface area (Å²) in [5.74, 6) is 3.05. The Labute approximate surface area is 207 Å². The average molecular weight is 495 g/mol. The molecule has 1 atom stereocenters. The number of sulfone groups is 1. The van der Waals surface area contributed by atoms with E-state index in [4.69, 9.17) is 14.2 Å². The summed E-state index contributed by atoms with van der Waals surface area (Å²) in [5.41, 5.74) is 3.04. The smallest absolute Gasteiger partial charge is 0.412 e. The molecular formula is C26H30BNO6S. The second-order valence-corrected chi connectivity index (χ2v) is 10.9. The minimum absolute atomic E-state index is 0.0589. The van der Waals surface area contributed by atoms with Gasteiger partial charge in [-0.05, 0) is 79.8 Å². The van der Waals surface area contributed by atoms with Gasteiger partial charge in [-0.2, -0.15) is 0 Å². The SMILES string of the molecule is CNB(O)c1ccc(O[C@@H]2CCc3c(Oc4ccc(OCCCS(C)(=O)=O)cc4)cccc32)cc1. The molecule has 35 heavy (non-hydrogen) atoms. The van der Waals surface area contributed by atoms with Crippen LogP contribution in [-0.4, -0.2) is 46.2 Å². The van der Waals surface area contributed by atoms with Gasteiger partial charge < -0.3 is 24.5 Å². The Hall–Kier alpha value is -3.01. The van der Waals surface area contributed by atoms with Crippen molar-refractivity contribution in [3.8, 4) is 23.0 Å². The van der Waals surface area contributed by atoms with Crippen LogP contribution in [0.25, 0.3) is 0 Å². The third-order valence-electron chi connectivity index (χ3n) is 5.90. The summed E-state index contributed by atoms with van der Waals surface area (Å²) in [7, 11) is -1.97. The molecule has 1 aliphatic carbocycles. The van der Waals surface area contributed by atoms with Gasteiger partial charge in [0, 0.05) is 11.8 Å². The van der Waals surface area contributed by atoms with Gasteiger partial charge in [-0.15, -0.1) is 0 Å². The van der Waals surface area contributed by atoms with Crippen molar-refractivity contribution < 1.29 is 27.7 Å². The van der Waals surface area contributed by atoms with Crippen molar-refractivity contribution in [3.63, 3.8) is 0 Å². The van der Waals surface area contributed by atoms with E-state index in [-0.39, 0.29) is 11.9 Å². The van der Waals surface area contributed by atoms with Crippen LogP contribution in [0.1, 0.15) is 30.1 Å². The number of hydrogen-bond acceptors (Lipinski definition) is 7. The number of hydrogen-bond donors (Lipinski definition) is 2. The third-order valence-corrected chi connectivity index (χ3v) is 6.93. The van der Waals surface area contributed by atoms with E-state index in [1.807, 2.05) is 60.7 Å². The Bertz CT molecular complexity index is 1230. The maximum Gasteiger partial charge on any atom is 0.412 e. The molecule has 0 radical (unpaired) electrons. The zero-order chi connectivity index (χ0) is 24.8. The Balaban J connectivity index is 1.37. The van der Waals surface area contributed by atoms with Gasteiger partial charge in [0.05, 0.1) is 12.4 Å². The highest BCUT2D eigenvalue weighted by atomic mass is 32.2. The zero-order valence-corrected chi connectivity index (χ0v) is 20.8. The molecule has 3 aromatic carbocycles. The van der Waals surface area contributed by atoms with Crippen molar-refractivity contribution in [1.82, 2.24) is 5.23 Å². The molecule has 0 amide bonds. The second kappa shape index (κ2) is 11.2. The van der Waals surface area contributed by atoms with Crippen LogP contribution in [0.2, 0.25) is 0 Å². The molecule has 0 aromatic heterocycles. The molecule has 184 valence electrons. The highest BCUT2D eigenvalue weighted by Gasteiger charge is 2.27. The van der Waals surface area contributed by atoms with Crippen molar-refractivity contribution in [2.45, 2.75) is 25.4 Å². The first-order valence-corrected chi connectivity index (χ1v) is 13.7. The molecule has 9 heteroatoms. The van der Waals surface area contributed by atoms with Crippen LogP contribution >= 0.6 is 0 Å². The van der Waals surface area contributed by atoms with Crippen LogP contribution in [0.15, 0.2) is 66.7 Å². The normalized spacial score (nSPS) is 14.9. The Morgan fingerprint density at radius 1 is 1.00 bits per heavy atom. The minimum Gasteiger partial charge on any atom is -0.494 e. The molecule has 4 rings (SSSR count). The lowest BCUT2D eigenvalue weighted by atomic mass is 9.75. The molecule has 0 unspecified atom stereocenters. The summed E-state index contributed by atoms with van der Waals surface area (Å²) in [6, 6.07) is 20.8. The lowest BCUT2D eigenvalue weighted by molar-refractivity contribution is 0.207. The number of benzene rings is 3. The lowest BCUT2D eigenvalue weighted by Gasteiger charge is -2.16. The number of nitrogens with one attached hydrogen (secondary N) is 1. The van der Waals surface area contributed by atoms with Gasteiger partial charge in [0.1, 0.15) is 38.9 Å². The summed E-state index contributed by atoms with van der Waals surface area (Å²) in [4.78, 5) is 0. The molecule has 7 nitrogen and oxygen atoms in total. The first-order chi connectivity index (χ1) is 16.8. The summed E-state index contributed by atoms with van der Waals surface area (Å²) >= 11 is 0. The lowest BCUT2D eigenvalue weighted by Crippen LogP contribution is -2.42. The van der Waals surface area contributed by atoms with E-state index in [1.165, 1.54) is 6.26 Å². The highest BCUT2D eigenvalue weighted by molar-refractivity contribution is 7.90. The van der Waals surface area contributed by atoms with Crippen LogP contribution in [0.5, 0.6) is 23.0 Å². The van der Waals surface area contributed by atoms with Gasteiger partial charge in [0.25, 0.3) is 0 Å². The van der Waals surface area contributed by atoms with Crippen molar-refractivity contribution >= 4 is 22.4 Å². The van der Waals surface area contributed by atoms with Crippen molar-refractivity contribution in [1.29, 1.82) is 0 Å². The van der Waals surface area contributed by atoms with E-state index in [1.54, 1.807) is 7.05 Å². The van der Waals surface area contributed by atoms with Gasteiger partial charge >= 0.3 is 7.05 Å². The second-order valence-electron chi connectivity index (χ2n) is 8.63. The molecule has 0 heterocycles. The summed E-state index contributed by atoms with van der Waals surface area (Å²) in [6.07, 6.45) is 3.34. The zero-order valence-electron chi connectivity index (χ0n) is 19.9. The Morgan fingerprint density at radius 2 is 1.69 bits per heavy atom. The van der Waals surface area contributed by atoms with Crippen molar-refractivity contribution in [3.05, 3.63) is 77.9 Å². The van der Waals surface area contributed by atoms with Crippen LogP contribution in [0.3, 0.4) is 0 Å². The predicted octanol–water partition coefficient (Wildman–Crippen LogP) is 3.27. The number of fused-ring (bicyclic) bond motifs is 1. The first-order valence-electron chi connectivity index (χ1n) is 11.6. The third kappa shape index (κ3) is 6.78. The molecule has 3 aromatic rings. The van der Waals surface area contributed by atoms with Gasteiger partial charge in [0.15, 0.2) is 0 Å². The quantitative estimate of drug-likeness (QED) is 0.312. The van der Waals surface area contributed by atoms with E-state index in [0.717, 1.165) is 40.9 Å². The monoisotopic (exact) mass is 495 g/mol. The summed E-state index contributed by atoms with van der Waals surface area (Å²) in [6.45, 7) is 0.347. The fourth-order valence-corrected chi connectivity index (χ4v) is 4.74. The fraction of sp³-hybridized carbons (Fsp3) is 0.308. The Morgan fingerprint density at radius 3 is 2.37 bits per heavy atom. The van der Waals surface area contributed by atoms with Gasteiger partial charge in [-0.25, -0.2) is 8.42 Å². The maximum absolute atomic E-state index is 11.2. The van der Waals surface area contributed by atoms with Crippen LogP contribution in [0.4, 0.5) is 0 Å². The van der Waals surface area contributed by atoms with Crippen molar-refractivity contribution in [2.24, 2.45) is 0 Å². The van der Waals surface area contributed by atoms with Crippen LogP contribution in [-0.2, 0) is 16.3 Å². The Kier molecular flexibility index (Phi) is 8.00. The standard InChI is InChI=1S/C26H30BNO6S/c1-28-27(29)19-7-9-21(10-8-19)34-26-16-15-24-23(26)5-3-6-25(24)33-22-13-11-20(12-14-22)32-17-4-18-35(2,30)31/h3,5-14,26,28-29H,4,15-18H2,1-2H3/t26-/m1/s1. The predicted molar refractivity (Wildman–Crippen MR) is 138 cm³/mol. The van der Waals surface area contributed by atoms with E-state index < -0.39 is 16.9 Å². The molecule has 0 fully saturated rings. The highest BCUT2D eigenvalue weighted by Crippen LogP contribution is 2.41. The van der Waals surface area contributed by atoms with Crippen molar-refractivity contribution in [2.75, 3.05) is 25.7 Å². The summed E-state index contributed by atoms with van der Waals surface area (Å²) in [5, 5.41) is 12.7. The van der Waals surface area contributed by atoms with Crippen LogP contribution in [0, 0.1) is 0 Å². The van der Waals surface area contributed by atoms with Gasteiger partial charge in [-0.3, -0.25) is 0 Å². The first kappa shape index (κ1) is 25.1. The van der Waals surface area contributed by atoms with Gasteiger partial charge in [-0.1, -0.05) is 24.3 Å². The molecule has 0 aliphatic heterocycles. The average Bonchev–Trinajstić information content (AvgIpc) is 3.26. The van der Waals surface area contributed by atoms with E-state index in [0.29, 0.717) is 24.5 Å². The maximum atomic E-state index is 11.2. The summed E-state index contributed by atoms with van der Waals surface area (Å²) < 4.78 is 40.5.